The number of aliphatic hydroxyl groups excluding tert-OH is 2. The zero-order valence-electron chi connectivity index (χ0n) is 43.1. The lowest BCUT2D eigenvalue weighted by atomic mass is 9.73. The molecule has 6 rings (SSSR count). The molecule has 2 aliphatic carbocycles. The minimum absolute atomic E-state index is 0. The van der Waals surface area contributed by atoms with Crippen LogP contribution >= 0.6 is 0 Å². The summed E-state index contributed by atoms with van der Waals surface area (Å²) in [6, 6.07) is 22.4. The van der Waals surface area contributed by atoms with Gasteiger partial charge in [0.1, 0.15) is 29.1 Å². The molecule has 14 heteroatoms. The smallest absolute Gasteiger partial charge is 0.217 e. The number of carbonyl (C=O) groups is 3. The largest absolute Gasteiger partial charge is 0.390 e. The monoisotopic (exact) mass is 1020 g/mol. The lowest BCUT2D eigenvalue weighted by molar-refractivity contribution is -0.122. The highest BCUT2D eigenvalue weighted by atomic mass is 19.1. The number of aliphatic hydroxyl groups is 2. The highest BCUT2D eigenvalue weighted by molar-refractivity contribution is 5.79. The Morgan fingerprint density at radius 1 is 0.603 bits per heavy atom. The van der Waals surface area contributed by atoms with E-state index in [1.165, 1.54) is 54.8 Å². The second-order valence-electron chi connectivity index (χ2n) is 21.9. The number of ketones is 1. The topological polar surface area (TPSA) is 152 Å². The van der Waals surface area contributed by atoms with Crippen LogP contribution < -0.4 is 26.6 Å². The van der Waals surface area contributed by atoms with E-state index in [2.05, 4.69) is 105 Å². The van der Waals surface area contributed by atoms with Crippen LogP contribution in [0.4, 0.5) is 17.6 Å². The fourth-order valence-electron chi connectivity index (χ4n) is 10.00. The number of halogens is 4. The van der Waals surface area contributed by atoms with Crippen LogP contribution in [-0.4, -0.2) is 78.3 Å². The van der Waals surface area contributed by atoms with E-state index in [9.17, 15) is 42.2 Å². The Labute approximate surface area is 433 Å². The van der Waals surface area contributed by atoms with Gasteiger partial charge in [-0.1, -0.05) is 105 Å². The van der Waals surface area contributed by atoms with E-state index in [0.29, 0.717) is 42.9 Å². The first-order valence-corrected chi connectivity index (χ1v) is 25.0. The fraction of sp³-hybridized carbons (Fsp3) is 0.542. The summed E-state index contributed by atoms with van der Waals surface area (Å²) >= 11 is 0. The second-order valence-corrected chi connectivity index (χ2v) is 21.9. The van der Waals surface area contributed by atoms with Gasteiger partial charge in [-0.15, -0.1) is 0 Å². The Bertz CT molecular complexity index is 2380. The molecular formula is C59H85F4N5O5. The number of hydrogen-bond donors (Lipinski definition) is 7. The summed E-state index contributed by atoms with van der Waals surface area (Å²) in [5.41, 5.74) is 4.56. The van der Waals surface area contributed by atoms with Gasteiger partial charge in [0.25, 0.3) is 0 Å². The molecule has 0 saturated heterocycles. The molecule has 0 radical (unpaired) electrons. The van der Waals surface area contributed by atoms with Crippen LogP contribution in [0.25, 0.3) is 0 Å². The normalized spacial score (nSPS) is 19.4. The molecule has 2 aliphatic rings. The Balaban J connectivity index is 0.000000375. The molecule has 4 aromatic carbocycles. The fourth-order valence-corrected chi connectivity index (χ4v) is 10.00. The minimum Gasteiger partial charge on any atom is -0.390 e. The molecule has 0 bridgehead atoms. The lowest BCUT2D eigenvalue weighted by Gasteiger charge is -2.43. The first-order valence-electron chi connectivity index (χ1n) is 25.0. The van der Waals surface area contributed by atoms with Crippen molar-refractivity contribution in [3.8, 4) is 0 Å². The SMILES string of the molecule is C.C.CC(=O)N[C@@H](Cc1cc(F)cc(F)c1)[C@H](O)CNC1(c2cccc(C(C)(C)C)c2)CCC(=O)CC1.CNC1CCC(NC[C@@H](O)[C@H](Cc2cc(F)cc(F)c2)NC(C)=O)(c2cccc(C(C)(C)C)c2)CC1. The molecule has 0 spiro atoms. The molecule has 2 saturated carbocycles. The van der Waals surface area contributed by atoms with Crippen molar-refractivity contribution in [2.24, 2.45) is 0 Å². The predicted octanol–water partition coefficient (Wildman–Crippen LogP) is 9.89. The number of rotatable bonds is 17. The first kappa shape index (κ1) is 62.3. The standard InChI is InChI=1S/C29H41F2N3O2.C28H36F2N2O3.2CH4/c1-19(35)34-26(15-20-13-23(30)17-24(31)14-20)27(36)18-33-29(11-9-25(32-5)10-12-29)22-8-6-7-21(16-22)28(2,3)4;1-18(33)32-25(14-19-12-22(29)16-23(30)13-19)26(35)17-31-28(10-8-24(34)9-11-28)21-7-5-6-20(15-21)27(2,3)4;;/h6-8,13-14,16-17,25-27,32-33,36H,9-12,15,18H2,1-5H3,(H,34,35);5-7,12-13,15-16,25-26,31,35H,8-11,14,17H2,1-4H3,(H,32,33);2*1H4/t25?,26-,27+,29?;25-,26+;;/m00../s1. The van der Waals surface area contributed by atoms with Gasteiger partial charge in [0, 0.05) is 69.0 Å². The Morgan fingerprint density at radius 2 is 0.959 bits per heavy atom. The molecule has 0 aromatic heterocycles. The molecule has 7 N–H and O–H groups in total. The van der Waals surface area contributed by atoms with Gasteiger partial charge < -0.3 is 36.8 Å². The average molecular weight is 1020 g/mol. The van der Waals surface area contributed by atoms with Crippen molar-refractivity contribution in [2.45, 2.75) is 187 Å². The Kier molecular flexibility index (Phi) is 23.0. The molecule has 4 aromatic rings. The van der Waals surface area contributed by atoms with Gasteiger partial charge in [0.15, 0.2) is 0 Å². The number of benzene rings is 4. The van der Waals surface area contributed by atoms with Crippen molar-refractivity contribution in [2.75, 3.05) is 20.1 Å². The highest BCUT2D eigenvalue weighted by Gasteiger charge is 2.39. The quantitative estimate of drug-likeness (QED) is 0.0517. The van der Waals surface area contributed by atoms with Crippen LogP contribution in [0.3, 0.4) is 0 Å². The summed E-state index contributed by atoms with van der Waals surface area (Å²) in [4.78, 5) is 35.7. The van der Waals surface area contributed by atoms with Crippen molar-refractivity contribution in [1.82, 2.24) is 26.6 Å². The molecule has 2 fully saturated rings. The predicted molar refractivity (Wildman–Crippen MR) is 285 cm³/mol. The molecule has 2 amide bonds. The van der Waals surface area contributed by atoms with Gasteiger partial charge in [-0.05, 0) is 127 Å². The van der Waals surface area contributed by atoms with E-state index in [1.807, 2.05) is 19.2 Å². The van der Waals surface area contributed by atoms with Crippen molar-refractivity contribution < 1.29 is 42.2 Å². The van der Waals surface area contributed by atoms with Crippen LogP contribution in [0.2, 0.25) is 0 Å². The lowest BCUT2D eigenvalue weighted by Crippen LogP contribution is -2.54. The molecule has 404 valence electrons. The van der Waals surface area contributed by atoms with E-state index < -0.39 is 53.1 Å². The van der Waals surface area contributed by atoms with Gasteiger partial charge in [-0.25, -0.2) is 17.6 Å². The third-order valence-electron chi connectivity index (χ3n) is 14.2. The summed E-state index contributed by atoms with van der Waals surface area (Å²) in [6.45, 7) is 16.1. The maximum Gasteiger partial charge on any atom is 0.217 e. The Morgan fingerprint density at radius 3 is 1.29 bits per heavy atom. The van der Waals surface area contributed by atoms with Gasteiger partial charge >= 0.3 is 0 Å². The highest BCUT2D eigenvalue weighted by Crippen LogP contribution is 2.40. The molecule has 73 heavy (non-hydrogen) atoms. The number of nitrogens with one attached hydrogen (secondary N) is 5. The van der Waals surface area contributed by atoms with Crippen LogP contribution in [-0.2, 0) is 49.1 Å². The van der Waals surface area contributed by atoms with Crippen LogP contribution in [0.15, 0.2) is 84.9 Å². The average Bonchev–Trinajstić information content (AvgIpc) is 3.29. The van der Waals surface area contributed by atoms with Crippen LogP contribution in [0.1, 0.15) is 155 Å². The van der Waals surface area contributed by atoms with Gasteiger partial charge in [-0.3, -0.25) is 14.4 Å². The number of carbonyl (C=O) groups excluding carboxylic acids is 3. The van der Waals surface area contributed by atoms with E-state index in [-0.39, 0.29) is 74.8 Å². The maximum absolute atomic E-state index is 13.7. The van der Waals surface area contributed by atoms with E-state index in [1.54, 1.807) is 0 Å². The zero-order chi connectivity index (χ0) is 52.3. The molecule has 10 nitrogen and oxygen atoms in total. The number of hydrogen-bond acceptors (Lipinski definition) is 8. The summed E-state index contributed by atoms with van der Waals surface area (Å²) in [5, 5.41) is 38.2. The van der Waals surface area contributed by atoms with E-state index in [4.69, 9.17) is 0 Å². The molecular weight excluding hydrogens is 935 g/mol. The molecule has 0 unspecified atom stereocenters. The van der Waals surface area contributed by atoms with E-state index >= 15 is 0 Å². The summed E-state index contributed by atoms with van der Waals surface area (Å²) in [7, 11) is 1.99. The molecule has 0 aliphatic heterocycles. The van der Waals surface area contributed by atoms with Gasteiger partial charge in [-0.2, -0.15) is 0 Å². The van der Waals surface area contributed by atoms with Crippen molar-refractivity contribution in [3.63, 3.8) is 0 Å². The molecule has 0 heterocycles. The van der Waals surface area contributed by atoms with Crippen LogP contribution in [0.5, 0.6) is 0 Å². The van der Waals surface area contributed by atoms with E-state index in [0.717, 1.165) is 43.4 Å². The summed E-state index contributed by atoms with van der Waals surface area (Å²) in [5.74, 6) is -3.21. The Hall–Kier alpha value is -4.99. The van der Waals surface area contributed by atoms with Crippen molar-refractivity contribution in [3.05, 3.63) is 142 Å². The number of amides is 2. The van der Waals surface area contributed by atoms with Gasteiger partial charge in [0.05, 0.1) is 24.3 Å². The van der Waals surface area contributed by atoms with Crippen LogP contribution in [0, 0.1) is 23.3 Å². The number of Topliss-reactive ketones (excluding diaryl/α,β-unsaturated/α-hetero) is 1. The third-order valence-corrected chi connectivity index (χ3v) is 14.2. The summed E-state index contributed by atoms with van der Waals surface area (Å²) < 4.78 is 54.9. The van der Waals surface area contributed by atoms with Crippen molar-refractivity contribution >= 4 is 17.6 Å². The maximum atomic E-state index is 13.7. The minimum atomic E-state index is -1.02. The second kappa shape index (κ2) is 27.0. The third kappa shape index (κ3) is 18.1. The van der Waals surface area contributed by atoms with Gasteiger partial charge in [0.2, 0.25) is 11.8 Å². The zero-order valence-corrected chi connectivity index (χ0v) is 43.1. The van der Waals surface area contributed by atoms with Crippen molar-refractivity contribution in [1.29, 1.82) is 0 Å². The molecule has 4 atom stereocenters. The first-order chi connectivity index (χ1) is 33.3. The summed E-state index contributed by atoms with van der Waals surface area (Å²) in [6.07, 6.45) is 4.11.